The minimum Gasteiger partial charge on any atom is -0.355 e. The number of halogens is 3. The molecule has 11 heteroatoms. The lowest BCUT2D eigenvalue weighted by Crippen LogP contribution is -2.15. The first kappa shape index (κ1) is 27.6. The van der Waals surface area contributed by atoms with Crippen LogP contribution in [0.1, 0.15) is 32.9 Å². The molecule has 1 aliphatic heterocycles. The van der Waals surface area contributed by atoms with Gasteiger partial charge in [-0.15, -0.1) is 0 Å². The zero-order chi connectivity index (χ0) is 30.3. The first-order valence-corrected chi connectivity index (χ1v) is 13.2. The van der Waals surface area contributed by atoms with Gasteiger partial charge in [0.2, 0.25) is 0 Å². The van der Waals surface area contributed by atoms with E-state index in [0.717, 1.165) is 23.4 Å². The second-order valence-electron chi connectivity index (χ2n) is 10.2. The molecule has 2 amide bonds. The highest BCUT2D eigenvalue weighted by Gasteiger charge is 2.32. The summed E-state index contributed by atoms with van der Waals surface area (Å²) < 4.78 is 44.3. The number of aromatic nitrogens is 3. The average molecular weight is 583 g/mol. The topological polar surface area (TPSA) is 93.0 Å². The van der Waals surface area contributed by atoms with Crippen LogP contribution in [-0.2, 0) is 18.0 Å². The highest BCUT2D eigenvalue weighted by atomic mass is 19.4. The lowest BCUT2D eigenvalue weighted by Gasteiger charge is -2.14. The quantitative estimate of drug-likeness (QED) is 0.188. The number of benzene rings is 3. The Morgan fingerprint density at radius 1 is 0.977 bits per heavy atom. The summed E-state index contributed by atoms with van der Waals surface area (Å²) in [5.74, 6) is -0.891. The third kappa shape index (κ3) is 5.78. The van der Waals surface area contributed by atoms with Crippen LogP contribution in [0.2, 0.25) is 0 Å². The van der Waals surface area contributed by atoms with Crippen LogP contribution in [0.25, 0.3) is 17.3 Å². The largest absolute Gasteiger partial charge is 0.416 e. The minimum absolute atomic E-state index is 0.150. The summed E-state index contributed by atoms with van der Waals surface area (Å²) >= 11 is 0. The van der Waals surface area contributed by atoms with Gasteiger partial charge in [-0.1, -0.05) is 12.1 Å². The zero-order valence-corrected chi connectivity index (χ0v) is 23.0. The second kappa shape index (κ2) is 10.7. The lowest BCUT2D eigenvalue weighted by molar-refractivity contribution is -0.137. The fourth-order valence-corrected chi connectivity index (χ4v) is 4.85. The van der Waals surface area contributed by atoms with Crippen molar-refractivity contribution >= 4 is 46.2 Å². The van der Waals surface area contributed by atoms with Gasteiger partial charge in [-0.05, 0) is 73.7 Å². The van der Waals surface area contributed by atoms with Crippen molar-refractivity contribution in [2.45, 2.75) is 13.1 Å². The Balaban J connectivity index is 1.21. The molecule has 3 heterocycles. The molecule has 2 aromatic heterocycles. The maximum Gasteiger partial charge on any atom is 0.416 e. The van der Waals surface area contributed by atoms with E-state index in [9.17, 15) is 22.8 Å². The SMILES string of the molecule is Cc1cn(-c2cc(C(=O)Nc3cccc(Nc4ccc5c(c4)NC(=O)/C5=C\c4cccn4C)c3)cc(C(F)(F)F)c2)cn1. The van der Waals surface area contributed by atoms with Gasteiger partial charge in [0.25, 0.3) is 11.8 Å². The Hall–Kier alpha value is -5.58. The van der Waals surface area contributed by atoms with Crippen LogP contribution in [0.3, 0.4) is 0 Å². The molecule has 43 heavy (non-hydrogen) atoms. The van der Waals surface area contributed by atoms with Crippen molar-refractivity contribution in [2.75, 3.05) is 16.0 Å². The number of anilines is 4. The van der Waals surface area contributed by atoms with Crippen molar-refractivity contribution in [1.82, 2.24) is 14.1 Å². The normalized spacial score (nSPS) is 13.6. The molecule has 0 unspecified atom stereocenters. The molecule has 5 aromatic rings. The molecule has 0 fully saturated rings. The number of imidazole rings is 1. The monoisotopic (exact) mass is 582 g/mol. The van der Waals surface area contributed by atoms with E-state index in [-0.39, 0.29) is 17.2 Å². The summed E-state index contributed by atoms with van der Waals surface area (Å²) in [7, 11) is 1.91. The third-order valence-electron chi connectivity index (χ3n) is 7.00. The van der Waals surface area contributed by atoms with Crippen LogP contribution in [0, 0.1) is 6.92 Å². The van der Waals surface area contributed by atoms with Gasteiger partial charge >= 0.3 is 6.18 Å². The van der Waals surface area contributed by atoms with Crippen molar-refractivity contribution < 1.29 is 22.8 Å². The molecule has 0 saturated carbocycles. The number of hydrogen-bond donors (Lipinski definition) is 3. The summed E-state index contributed by atoms with van der Waals surface area (Å²) in [6, 6.07) is 19.3. The number of nitrogens with zero attached hydrogens (tertiary/aromatic N) is 3. The second-order valence-corrected chi connectivity index (χ2v) is 10.2. The highest BCUT2D eigenvalue weighted by molar-refractivity contribution is 6.35. The number of fused-ring (bicyclic) bond motifs is 1. The van der Waals surface area contributed by atoms with Crippen molar-refractivity contribution in [3.63, 3.8) is 0 Å². The molecular weight excluding hydrogens is 557 g/mol. The molecule has 0 saturated heterocycles. The van der Waals surface area contributed by atoms with E-state index >= 15 is 0 Å². The van der Waals surface area contributed by atoms with E-state index in [0.29, 0.717) is 34.0 Å². The van der Waals surface area contributed by atoms with Gasteiger partial charge < -0.3 is 25.1 Å². The van der Waals surface area contributed by atoms with Crippen LogP contribution in [0.5, 0.6) is 0 Å². The Labute approximate surface area is 244 Å². The molecule has 1 aliphatic rings. The van der Waals surface area contributed by atoms with E-state index in [2.05, 4.69) is 20.9 Å². The van der Waals surface area contributed by atoms with Gasteiger partial charge in [0.05, 0.1) is 28.8 Å². The molecule has 3 aromatic carbocycles. The number of alkyl halides is 3. The number of aryl methyl sites for hydroxylation is 2. The average Bonchev–Trinajstić information content (AvgIpc) is 3.66. The van der Waals surface area contributed by atoms with E-state index in [1.165, 1.54) is 17.0 Å². The predicted molar refractivity (Wildman–Crippen MR) is 159 cm³/mol. The number of amides is 2. The summed E-state index contributed by atoms with van der Waals surface area (Å²) in [4.78, 5) is 29.8. The van der Waals surface area contributed by atoms with Crippen molar-refractivity contribution in [3.05, 3.63) is 120 Å². The maximum absolute atomic E-state index is 13.7. The number of nitrogens with one attached hydrogen (secondary N) is 3. The first-order valence-electron chi connectivity index (χ1n) is 13.2. The van der Waals surface area contributed by atoms with E-state index in [1.54, 1.807) is 37.4 Å². The third-order valence-corrected chi connectivity index (χ3v) is 7.00. The van der Waals surface area contributed by atoms with Crippen LogP contribution < -0.4 is 16.0 Å². The first-order chi connectivity index (χ1) is 20.5. The minimum atomic E-state index is -4.64. The van der Waals surface area contributed by atoms with E-state index < -0.39 is 17.6 Å². The lowest BCUT2D eigenvalue weighted by atomic mass is 10.1. The standard InChI is InChI=1S/C32H25F3N6O2/c1-19-17-41(18-36-19)26-12-20(11-21(13-26)32(33,34)35)30(42)38-23-6-3-5-22(14-23)37-24-8-9-27-28(31(43)39-29(27)15-24)16-25-7-4-10-40(25)2/h3-18,37H,1-2H3,(H,38,42)(H,39,43)/b28-16-. The summed E-state index contributed by atoms with van der Waals surface area (Å²) in [5.41, 5.74) is 4.31. The Morgan fingerprint density at radius 3 is 2.49 bits per heavy atom. The van der Waals surface area contributed by atoms with Crippen LogP contribution in [0.15, 0.2) is 91.5 Å². The summed E-state index contributed by atoms with van der Waals surface area (Å²) in [6.07, 6.45) is 2.08. The van der Waals surface area contributed by atoms with Crippen molar-refractivity contribution in [3.8, 4) is 5.69 Å². The van der Waals surface area contributed by atoms with Gasteiger partial charge in [-0.3, -0.25) is 9.59 Å². The molecule has 3 N–H and O–H groups in total. The number of rotatable bonds is 6. The number of carbonyl (C=O) groups excluding carboxylic acids is 2. The molecular formula is C32H25F3N6O2. The van der Waals surface area contributed by atoms with Crippen LogP contribution >= 0.6 is 0 Å². The Kier molecular flexibility index (Phi) is 6.85. The van der Waals surface area contributed by atoms with Crippen molar-refractivity contribution in [1.29, 1.82) is 0 Å². The van der Waals surface area contributed by atoms with E-state index in [4.69, 9.17) is 0 Å². The molecule has 216 valence electrons. The highest BCUT2D eigenvalue weighted by Crippen LogP contribution is 2.36. The Morgan fingerprint density at radius 2 is 1.77 bits per heavy atom. The van der Waals surface area contributed by atoms with Gasteiger partial charge in [-0.25, -0.2) is 4.98 Å². The van der Waals surface area contributed by atoms with Crippen LogP contribution in [-0.4, -0.2) is 25.9 Å². The molecule has 8 nitrogen and oxygen atoms in total. The van der Waals surface area contributed by atoms with Gasteiger partial charge in [-0.2, -0.15) is 13.2 Å². The zero-order valence-electron chi connectivity index (χ0n) is 23.0. The predicted octanol–water partition coefficient (Wildman–Crippen LogP) is 7.03. The number of carbonyl (C=O) groups is 2. The van der Waals surface area contributed by atoms with E-state index in [1.807, 2.05) is 54.2 Å². The fourth-order valence-electron chi connectivity index (χ4n) is 4.85. The molecule has 6 rings (SSSR count). The molecule has 0 atom stereocenters. The Bertz CT molecular complexity index is 1920. The molecule has 0 bridgehead atoms. The molecule has 0 radical (unpaired) electrons. The maximum atomic E-state index is 13.7. The van der Waals surface area contributed by atoms with Crippen LogP contribution in [0.4, 0.5) is 35.9 Å². The number of hydrogen-bond acceptors (Lipinski definition) is 4. The summed E-state index contributed by atoms with van der Waals surface area (Å²) in [5, 5.41) is 8.83. The smallest absolute Gasteiger partial charge is 0.355 e. The van der Waals surface area contributed by atoms with Crippen molar-refractivity contribution in [2.24, 2.45) is 7.05 Å². The van der Waals surface area contributed by atoms with Gasteiger partial charge in [0.1, 0.15) is 0 Å². The molecule has 0 aliphatic carbocycles. The molecule has 0 spiro atoms. The van der Waals surface area contributed by atoms with Gasteiger partial charge in [0.15, 0.2) is 0 Å². The fraction of sp³-hybridized carbons (Fsp3) is 0.0938. The van der Waals surface area contributed by atoms with Gasteiger partial charge in [0, 0.05) is 59.0 Å². The summed E-state index contributed by atoms with van der Waals surface area (Å²) in [6.45, 7) is 1.72.